The molecule has 0 aromatic heterocycles. The molecule has 2 fully saturated rings. The number of piperidine rings is 1. The summed E-state index contributed by atoms with van der Waals surface area (Å²) in [5.41, 5.74) is 1.13. The van der Waals surface area contributed by atoms with Crippen molar-refractivity contribution in [1.82, 2.24) is 10.2 Å². The molecule has 4 nitrogen and oxygen atoms in total. The zero-order valence-corrected chi connectivity index (χ0v) is 14.0. The Morgan fingerprint density at radius 1 is 1.12 bits per heavy atom. The predicted molar refractivity (Wildman–Crippen MR) is 87.2 cm³/mol. The second kappa shape index (κ2) is 7.74. The molecular formula is C18H23F3N2O2. The summed E-state index contributed by atoms with van der Waals surface area (Å²) < 4.78 is 40.7. The van der Waals surface area contributed by atoms with Gasteiger partial charge < -0.3 is 15.0 Å². The van der Waals surface area contributed by atoms with E-state index in [0.29, 0.717) is 11.1 Å². The van der Waals surface area contributed by atoms with Gasteiger partial charge in [-0.1, -0.05) is 12.1 Å². The van der Waals surface area contributed by atoms with Crippen molar-refractivity contribution in [2.75, 3.05) is 19.7 Å². The number of hydrogen-bond acceptors (Lipinski definition) is 3. The van der Waals surface area contributed by atoms with Gasteiger partial charge in [0.2, 0.25) is 0 Å². The van der Waals surface area contributed by atoms with Crippen molar-refractivity contribution in [3.8, 4) is 0 Å². The van der Waals surface area contributed by atoms with Gasteiger partial charge in [-0.25, -0.2) is 0 Å². The average Bonchev–Trinajstić information content (AvgIpc) is 3.40. The molecule has 1 saturated heterocycles. The summed E-state index contributed by atoms with van der Waals surface area (Å²) in [4.78, 5) is 14.8. The van der Waals surface area contributed by atoms with Crippen molar-refractivity contribution in [3.63, 3.8) is 0 Å². The maximum Gasteiger partial charge on any atom is 0.411 e. The van der Waals surface area contributed by atoms with Crippen molar-refractivity contribution >= 4 is 5.91 Å². The smallest absolute Gasteiger partial charge is 0.367 e. The molecule has 1 aliphatic carbocycles. The number of amides is 1. The fourth-order valence-corrected chi connectivity index (χ4v) is 3.15. The number of carbonyl (C=O) groups excluding carboxylic acids is 1. The lowest BCUT2D eigenvalue weighted by Crippen LogP contribution is -2.45. The van der Waals surface area contributed by atoms with Crippen molar-refractivity contribution in [2.24, 2.45) is 0 Å². The highest BCUT2D eigenvalue weighted by Crippen LogP contribution is 2.29. The van der Waals surface area contributed by atoms with Gasteiger partial charge in [-0.05, 0) is 43.4 Å². The summed E-state index contributed by atoms with van der Waals surface area (Å²) in [5.74, 6) is -0.132. The number of benzene rings is 1. The van der Waals surface area contributed by atoms with Gasteiger partial charge in [-0.3, -0.25) is 4.79 Å². The van der Waals surface area contributed by atoms with E-state index < -0.39 is 12.8 Å². The number of carbonyl (C=O) groups is 1. The fraction of sp³-hybridized carbons (Fsp3) is 0.611. The van der Waals surface area contributed by atoms with Crippen LogP contribution in [0.1, 0.15) is 41.6 Å². The van der Waals surface area contributed by atoms with Crippen LogP contribution in [0.2, 0.25) is 0 Å². The summed E-state index contributed by atoms with van der Waals surface area (Å²) in [5, 5.41) is 3.05. The van der Waals surface area contributed by atoms with Crippen LogP contribution in [-0.2, 0) is 11.3 Å². The molecule has 0 atom stereocenters. The zero-order chi connectivity index (χ0) is 17.9. The van der Waals surface area contributed by atoms with Gasteiger partial charge in [-0.15, -0.1) is 0 Å². The Hall–Kier alpha value is -1.60. The first-order valence-electron chi connectivity index (χ1n) is 8.69. The first kappa shape index (κ1) is 18.2. The number of ether oxygens (including phenoxy) is 1. The van der Waals surface area contributed by atoms with E-state index >= 15 is 0 Å². The molecule has 2 aliphatic rings. The van der Waals surface area contributed by atoms with Gasteiger partial charge in [0.25, 0.3) is 5.91 Å². The van der Waals surface area contributed by atoms with Crippen LogP contribution in [0.25, 0.3) is 0 Å². The highest BCUT2D eigenvalue weighted by atomic mass is 19.4. The van der Waals surface area contributed by atoms with E-state index in [1.165, 1.54) is 12.8 Å². The molecule has 0 unspecified atom stereocenters. The fourth-order valence-electron chi connectivity index (χ4n) is 3.15. The van der Waals surface area contributed by atoms with E-state index in [0.717, 1.165) is 32.0 Å². The van der Waals surface area contributed by atoms with E-state index in [-0.39, 0.29) is 18.6 Å². The quantitative estimate of drug-likeness (QED) is 0.852. The first-order chi connectivity index (χ1) is 11.9. The molecule has 138 valence electrons. The van der Waals surface area contributed by atoms with Crippen molar-refractivity contribution in [3.05, 3.63) is 35.4 Å². The van der Waals surface area contributed by atoms with Crippen LogP contribution in [0, 0.1) is 0 Å². The molecular weight excluding hydrogens is 333 g/mol. The Morgan fingerprint density at radius 2 is 1.76 bits per heavy atom. The van der Waals surface area contributed by atoms with Crippen LogP contribution in [0.5, 0.6) is 0 Å². The lowest BCUT2D eigenvalue weighted by atomic mass is 10.0. The highest BCUT2D eigenvalue weighted by Gasteiger charge is 2.32. The molecule has 1 heterocycles. The Bertz CT molecular complexity index is 577. The lowest BCUT2D eigenvalue weighted by Gasteiger charge is -2.32. The molecule has 1 aliphatic heterocycles. The van der Waals surface area contributed by atoms with Crippen LogP contribution in [-0.4, -0.2) is 48.8 Å². The SMILES string of the molecule is O=C(NC1CCN(C2CC2)CC1)c1ccc(COCC(F)(F)F)cc1. The van der Waals surface area contributed by atoms with E-state index in [9.17, 15) is 18.0 Å². The number of likely N-dealkylation sites (tertiary alicyclic amines) is 1. The van der Waals surface area contributed by atoms with Gasteiger partial charge in [0.15, 0.2) is 0 Å². The van der Waals surface area contributed by atoms with Gasteiger partial charge >= 0.3 is 6.18 Å². The van der Waals surface area contributed by atoms with Crippen LogP contribution in [0.4, 0.5) is 13.2 Å². The molecule has 1 saturated carbocycles. The number of alkyl halides is 3. The molecule has 0 bridgehead atoms. The van der Waals surface area contributed by atoms with Gasteiger partial charge in [-0.2, -0.15) is 13.2 Å². The van der Waals surface area contributed by atoms with Gasteiger partial charge in [0.05, 0.1) is 6.61 Å². The number of nitrogens with one attached hydrogen (secondary N) is 1. The maximum atomic E-state index is 12.3. The predicted octanol–water partition coefficient (Wildman–Crippen LogP) is 3.12. The third kappa shape index (κ3) is 5.71. The molecule has 0 radical (unpaired) electrons. The number of halogens is 3. The molecule has 1 amide bonds. The third-order valence-electron chi connectivity index (χ3n) is 4.68. The molecule has 0 spiro atoms. The van der Waals surface area contributed by atoms with Crippen LogP contribution in [0.3, 0.4) is 0 Å². The number of hydrogen-bond donors (Lipinski definition) is 1. The molecule has 25 heavy (non-hydrogen) atoms. The van der Waals surface area contributed by atoms with Crippen LogP contribution in [0.15, 0.2) is 24.3 Å². The summed E-state index contributed by atoms with van der Waals surface area (Å²) >= 11 is 0. The van der Waals surface area contributed by atoms with E-state index in [2.05, 4.69) is 15.0 Å². The van der Waals surface area contributed by atoms with Crippen molar-refractivity contribution < 1.29 is 22.7 Å². The Labute approximate surface area is 145 Å². The minimum Gasteiger partial charge on any atom is -0.367 e. The number of nitrogens with zero attached hydrogens (tertiary/aromatic N) is 1. The Morgan fingerprint density at radius 3 is 2.32 bits per heavy atom. The summed E-state index contributed by atoms with van der Waals surface area (Å²) in [6, 6.07) is 7.46. The van der Waals surface area contributed by atoms with Gasteiger partial charge in [0, 0.05) is 30.7 Å². The molecule has 7 heteroatoms. The lowest BCUT2D eigenvalue weighted by molar-refractivity contribution is -0.176. The van der Waals surface area contributed by atoms with E-state index in [4.69, 9.17) is 0 Å². The molecule has 1 aromatic rings. The third-order valence-corrected chi connectivity index (χ3v) is 4.68. The standard InChI is InChI=1S/C18H23F3N2O2/c19-18(20,21)12-25-11-13-1-3-14(4-2-13)17(24)22-15-7-9-23(10-8-15)16-5-6-16/h1-4,15-16H,5-12H2,(H,22,24). The zero-order valence-electron chi connectivity index (χ0n) is 14.0. The molecule has 1 aromatic carbocycles. The van der Waals surface area contributed by atoms with E-state index in [1.54, 1.807) is 24.3 Å². The second-order valence-electron chi connectivity index (χ2n) is 6.82. The molecule has 3 rings (SSSR count). The first-order valence-corrected chi connectivity index (χ1v) is 8.69. The Kier molecular flexibility index (Phi) is 5.64. The van der Waals surface area contributed by atoms with E-state index in [1.807, 2.05) is 0 Å². The highest BCUT2D eigenvalue weighted by molar-refractivity contribution is 5.94. The summed E-state index contributed by atoms with van der Waals surface area (Å²) in [6.07, 6.45) is 0.207. The minimum absolute atomic E-state index is 0.124. The second-order valence-corrected chi connectivity index (χ2v) is 6.82. The summed E-state index contributed by atoms with van der Waals surface area (Å²) in [7, 11) is 0. The van der Waals surface area contributed by atoms with Gasteiger partial charge in [0.1, 0.15) is 6.61 Å². The normalized spacial score (nSPS) is 19.8. The summed E-state index contributed by atoms with van der Waals surface area (Å²) in [6.45, 7) is 0.673. The monoisotopic (exact) mass is 356 g/mol. The average molecular weight is 356 g/mol. The maximum absolute atomic E-state index is 12.3. The van der Waals surface area contributed by atoms with Crippen LogP contribution < -0.4 is 5.32 Å². The van der Waals surface area contributed by atoms with Crippen molar-refractivity contribution in [1.29, 1.82) is 0 Å². The van der Waals surface area contributed by atoms with Crippen LogP contribution >= 0.6 is 0 Å². The topological polar surface area (TPSA) is 41.6 Å². The van der Waals surface area contributed by atoms with Crippen molar-refractivity contribution in [2.45, 2.75) is 50.6 Å². The largest absolute Gasteiger partial charge is 0.411 e. The number of rotatable bonds is 6. The Balaban J connectivity index is 1.42. The molecule has 1 N–H and O–H groups in total. The minimum atomic E-state index is -4.32.